The third-order valence-electron chi connectivity index (χ3n) is 9.36. The summed E-state index contributed by atoms with van der Waals surface area (Å²) in [5.41, 5.74) is 1.85. The van der Waals surface area contributed by atoms with E-state index in [1.807, 2.05) is 0 Å². The van der Waals surface area contributed by atoms with E-state index in [4.69, 9.17) is 0 Å². The Morgan fingerprint density at radius 3 is 2.80 bits per heavy atom. The first-order valence-corrected chi connectivity index (χ1v) is 10.5. The van der Waals surface area contributed by atoms with Crippen LogP contribution < -0.4 is 0 Å². The van der Waals surface area contributed by atoms with Crippen molar-refractivity contribution in [3.05, 3.63) is 12.2 Å². The van der Waals surface area contributed by atoms with Gasteiger partial charge in [0.05, 0.1) is 11.5 Å². The second kappa shape index (κ2) is 5.19. The molecule has 3 nitrogen and oxygen atoms in total. The molecule has 0 aromatic carbocycles. The molecule has 0 aromatic rings. The van der Waals surface area contributed by atoms with Crippen molar-refractivity contribution in [1.82, 2.24) is 0 Å². The fourth-order valence-electron chi connectivity index (χ4n) is 8.50. The van der Waals surface area contributed by atoms with Crippen LogP contribution in [0.5, 0.6) is 0 Å². The zero-order chi connectivity index (χ0) is 17.4. The van der Waals surface area contributed by atoms with E-state index in [9.17, 15) is 10.2 Å². The predicted octanol–water partition coefficient (Wildman–Crippen LogP) is 3.00. The molecule has 1 spiro atoms. The van der Waals surface area contributed by atoms with Crippen LogP contribution in [-0.2, 0) is 0 Å². The van der Waals surface area contributed by atoms with Crippen LogP contribution in [0.3, 0.4) is 0 Å². The molecular formula is C22H34NO2+. The summed E-state index contributed by atoms with van der Waals surface area (Å²) in [5, 5.41) is 20.8. The van der Waals surface area contributed by atoms with Crippen molar-refractivity contribution in [3.8, 4) is 0 Å². The van der Waals surface area contributed by atoms with Crippen LogP contribution in [0.2, 0.25) is 0 Å². The van der Waals surface area contributed by atoms with Gasteiger partial charge in [-0.2, -0.15) is 0 Å². The number of aliphatic hydroxyl groups is 2. The average molecular weight is 345 g/mol. The molecule has 6 aliphatic rings. The minimum absolute atomic E-state index is 0.0826. The van der Waals surface area contributed by atoms with Gasteiger partial charge in [-0.05, 0) is 68.3 Å². The minimum atomic E-state index is -0.282. The van der Waals surface area contributed by atoms with Crippen molar-refractivity contribution in [2.45, 2.75) is 64.4 Å². The quantitative estimate of drug-likeness (QED) is 0.597. The maximum Gasteiger partial charge on any atom is 0.165 e. The van der Waals surface area contributed by atoms with Crippen LogP contribution in [0.4, 0.5) is 0 Å². The molecule has 0 saturated heterocycles. The predicted molar refractivity (Wildman–Crippen MR) is 98.7 cm³/mol. The molecule has 25 heavy (non-hydrogen) atoms. The number of nitrogens with zero attached hydrogens (tertiary/aromatic N) is 1. The van der Waals surface area contributed by atoms with Crippen LogP contribution >= 0.6 is 0 Å². The van der Waals surface area contributed by atoms with Gasteiger partial charge in [0.15, 0.2) is 6.54 Å². The van der Waals surface area contributed by atoms with Crippen molar-refractivity contribution in [2.75, 3.05) is 19.7 Å². The highest BCUT2D eigenvalue weighted by Gasteiger charge is 2.70. The van der Waals surface area contributed by atoms with Gasteiger partial charge >= 0.3 is 0 Å². The molecule has 1 heterocycles. The monoisotopic (exact) mass is 344 g/mol. The lowest BCUT2D eigenvalue weighted by Gasteiger charge is -2.68. The molecule has 5 aliphatic carbocycles. The first-order valence-electron chi connectivity index (χ1n) is 10.5. The molecule has 4 bridgehead atoms. The molecule has 138 valence electrons. The maximum absolute atomic E-state index is 11.2. The first-order chi connectivity index (χ1) is 12.0. The standard InChI is InChI=1S/C22H34NO2/c1-15-16-4-8-21(19(15)25)9-5-17-20(2)6-3-7-22(17,18(21)12-16)14-23(13-20)10-11-24/h14,16-19,24-25H,1,3-13H2,2H3/q+1/t16-,17+,18+,19+,20-,21-,22-/m0/s1. The van der Waals surface area contributed by atoms with Gasteiger partial charge in [-0.1, -0.05) is 19.9 Å². The van der Waals surface area contributed by atoms with Crippen LogP contribution in [-0.4, -0.2) is 46.8 Å². The van der Waals surface area contributed by atoms with Crippen LogP contribution in [0.25, 0.3) is 0 Å². The van der Waals surface area contributed by atoms with E-state index in [-0.39, 0.29) is 23.5 Å². The smallest absolute Gasteiger partial charge is 0.165 e. The Bertz CT molecular complexity index is 642. The Morgan fingerprint density at radius 1 is 1.20 bits per heavy atom. The van der Waals surface area contributed by atoms with Crippen LogP contribution in [0, 0.1) is 34.0 Å². The summed E-state index contributed by atoms with van der Waals surface area (Å²) in [5.74, 6) is 1.91. The second-order valence-electron chi connectivity index (χ2n) is 10.3. The summed E-state index contributed by atoms with van der Waals surface area (Å²) in [6, 6.07) is 0. The minimum Gasteiger partial charge on any atom is -0.390 e. The average Bonchev–Trinajstić information content (AvgIpc) is 2.58. The fourth-order valence-corrected chi connectivity index (χ4v) is 8.50. The number of hydrogen-bond donors (Lipinski definition) is 2. The molecule has 0 unspecified atom stereocenters. The molecule has 5 fully saturated rings. The summed E-state index contributed by atoms with van der Waals surface area (Å²) in [6.07, 6.45) is 12.4. The van der Waals surface area contributed by atoms with Crippen molar-refractivity contribution >= 4 is 6.21 Å². The maximum atomic E-state index is 11.2. The van der Waals surface area contributed by atoms with Gasteiger partial charge in [-0.3, -0.25) is 0 Å². The Morgan fingerprint density at radius 2 is 2.00 bits per heavy atom. The Kier molecular flexibility index (Phi) is 3.43. The zero-order valence-corrected chi connectivity index (χ0v) is 15.7. The lowest BCUT2D eigenvalue weighted by atomic mass is 9.35. The largest absolute Gasteiger partial charge is 0.390 e. The van der Waals surface area contributed by atoms with Gasteiger partial charge < -0.3 is 10.2 Å². The number of aliphatic hydroxyl groups excluding tert-OH is 2. The summed E-state index contributed by atoms with van der Waals surface area (Å²) in [4.78, 5) is 0. The number of fused-ring (bicyclic) bond motifs is 2. The molecule has 0 radical (unpaired) electrons. The molecule has 6 rings (SSSR count). The van der Waals surface area contributed by atoms with E-state index in [1.165, 1.54) is 51.4 Å². The number of hydrogen-bond acceptors (Lipinski definition) is 2. The van der Waals surface area contributed by atoms with E-state index >= 15 is 0 Å². The van der Waals surface area contributed by atoms with Crippen molar-refractivity contribution in [3.63, 3.8) is 0 Å². The lowest BCUT2D eigenvalue weighted by molar-refractivity contribution is -0.560. The lowest BCUT2D eigenvalue weighted by Crippen LogP contribution is -2.68. The Balaban J connectivity index is 1.65. The van der Waals surface area contributed by atoms with Gasteiger partial charge in [-0.25, -0.2) is 4.58 Å². The molecule has 0 aromatic heterocycles. The summed E-state index contributed by atoms with van der Waals surface area (Å²) < 4.78 is 2.44. The van der Waals surface area contributed by atoms with E-state index < -0.39 is 0 Å². The topological polar surface area (TPSA) is 43.5 Å². The molecule has 2 N–H and O–H groups in total. The van der Waals surface area contributed by atoms with Gasteiger partial charge in [0.1, 0.15) is 19.4 Å². The highest BCUT2D eigenvalue weighted by atomic mass is 16.3. The summed E-state index contributed by atoms with van der Waals surface area (Å²) in [6.45, 7) is 8.93. The Labute approximate surface area is 151 Å². The molecule has 3 heteroatoms. The van der Waals surface area contributed by atoms with E-state index in [2.05, 4.69) is 24.3 Å². The highest BCUT2D eigenvalue weighted by Crippen LogP contribution is 2.72. The summed E-state index contributed by atoms with van der Waals surface area (Å²) in [7, 11) is 0. The van der Waals surface area contributed by atoms with Gasteiger partial charge in [0.2, 0.25) is 0 Å². The van der Waals surface area contributed by atoms with Crippen LogP contribution in [0.15, 0.2) is 12.2 Å². The van der Waals surface area contributed by atoms with E-state index in [1.54, 1.807) is 0 Å². The zero-order valence-electron chi connectivity index (χ0n) is 15.7. The fraction of sp³-hybridized carbons (Fsp3) is 0.864. The molecule has 0 amide bonds. The molecule has 1 aliphatic heterocycles. The highest BCUT2D eigenvalue weighted by molar-refractivity contribution is 5.65. The van der Waals surface area contributed by atoms with Crippen molar-refractivity contribution < 1.29 is 14.8 Å². The number of rotatable bonds is 2. The normalized spacial score (nSPS) is 53.9. The van der Waals surface area contributed by atoms with Gasteiger partial charge in [0, 0.05) is 10.8 Å². The number of β-amino-alcohol motifs (C(OH)–C–C–N with tert-alkyl or cyclic N) is 1. The molecular weight excluding hydrogens is 310 g/mol. The van der Waals surface area contributed by atoms with Gasteiger partial charge in [0.25, 0.3) is 0 Å². The van der Waals surface area contributed by atoms with Gasteiger partial charge in [-0.15, -0.1) is 0 Å². The first kappa shape index (κ1) is 16.5. The third-order valence-corrected chi connectivity index (χ3v) is 9.36. The second-order valence-corrected chi connectivity index (χ2v) is 10.3. The van der Waals surface area contributed by atoms with Crippen molar-refractivity contribution in [1.29, 1.82) is 0 Å². The third kappa shape index (κ3) is 1.92. The molecule has 7 atom stereocenters. The van der Waals surface area contributed by atoms with E-state index in [0.717, 1.165) is 24.6 Å². The van der Waals surface area contributed by atoms with E-state index in [0.29, 0.717) is 17.3 Å². The molecule has 5 saturated carbocycles. The summed E-state index contributed by atoms with van der Waals surface area (Å²) >= 11 is 0. The van der Waals surface area contributed by atoms with Crippen molar-refractivity contribution in [2.24, 2.45) is 34.0 Å². The Hall–Kier alpha value is -0.670. The van der Waals surface area contributed by atoms with Crippen LogP contribution in [0.1, 0.15) is 58.3 Å². The SMILES string of the molecule is C=C1[C@H]2CC[C@@]3(CC[C@@H]4[C@@]5(C)CCC[C@@]4(C=[N+](CCO)C5)[C@@H]3C2)[C@@H]1O.